The standard InChI is InChI=1S/C21H24N2O5S/c1-25-16-6-4-5-7-18(16)28-13-12-22-21(29)23-20(24)11-9-15-8-10-17(26-2)19(14-15)27-3/h4-11,14H,12-13H2,1-3H3,(H2,22,23,24,29). The van der Waals surface area contributed by atoms with Gasteiger partial charge in [0.25, 0.3) is 0 Å². The first-order valence-electron chi connectivity index (χ1n) is 8.82. The van der Waals surface area contributed by atoms with Gasteiger partial charge >= 0.3 is 0 Å². The molecule has 2 aromatic rings. The molecule has 0 bridgehead atoms. The van der Waals surface area contributed by atoms with Crippen LogP contribution in [0.2, 0.25) is 0 Å². The van der Waals surface area contributed by atoms with Crippen LogP contribution in [0.15, 0.2) is 48.5 Å². The molecular weight excluding hydrogens is 392 g/mol. The van der Waals surface area contributed by atoms with E-state index in [9.17, 15) is 4.79 Å². The average Bonchev–Trinajstić information content (AvgIpc) is 2.75. The van der Waals surface area contributed by atoms with Crippen LogP contribution in [-0.4, -0.2) is 45.5 Å². The number of nitrogens with one attached hydrogen (secondary N) is 2. The van der Waals surface area contributed by atoms with Gasteiger partial charge in [0.1, 0.15) is 6.61 Å². The van der Waals surface area contributed by atoms with Crippen molar-refractivity contribution in [3.8, 4) is 23.0 Å². The number of carbonyl (C=O) groups excluding carboxylic acids is 1. The van der Waals surface area contributed by atoms with E-state index in [1.807, 2.05) is 30.3 Å². The normalized spacial score (nSPS) is 10.3. The van der Waals surface area contributed by atoms with Crippen molar-refractivity contribution in [3.05, 3.63) is 54.1 Å². The molecule has 2 aromatic carbocycles. The van der Waals surface area contributed by atoms with Crippen LogP contribution in [-0.2, 0) is 4.79 Å². The number of hydrogen-bond donors (Lipinski definition) is 2. The van der Waals surface area contributed by atoms with Crippen molar-refractivity contribution in [1.29, 1.82) is 0 Å². The predicted octanol–water partition coefficient (Wildman–Crippen LogP) is 2.80. The third kappa shape index (κ3) is 7.00. The highest BCUT2D eigenvalue weighted by Gasteiger charge is 2.05. The average molecular weight is 416 g/mol. The lowest BCUT2D eigenvalue weighted by atomic mass is 10.2. The fourth-order valence-electron chi connectivity index (χ4n) is 2.39. The van der Waals surface area contributed by atoms with E-state index < -0.39 is 0 Å². The van der Waals surface area contributed by atoms with Crippen molar-refractivity contribution in [1.82, 2.24) is 10.6 Å². The molecule has 0 aliphatic rings. The summed E-state index contributed by atoms with van der Waals surface area (Å²) >= 11 is 5.12. The zero-order valence-electron chi connectivity index (χ0n) is 16.6. The highest BCUT2D eigenvalue weighted by molar-refractivity contribution is 7.80. The molecule has 154 valence electrons. The topological polar surface area (TPSA) is 78.1 Å². The van der Waals surface area contributed by atoms with Crippen LogP contribution in [0.25, 0.3) is 6.08 Å². The van der Waals surface area contributed by atoms with Crippen LogP contribution >= 0.6 is 12.2 Å². The molecule has 0 aromatic heterocycles. The number of methoxy groups -OCH3 is 3. The Hall–Kier alpha value is -3.26. The van der Waals surface area contributed by atoms with Crippen LogP contribution in [0.1, 0.15) is 5.56 Å². The van der Waals surface area contributed by atoms with E-state index in [1.165, 1.54) is 6.08 Å². The molecule has 0 unspecified atom stereocenters. The molecule has 0 aliphatic carbocycles. The van der Waals surface area contributed by atoms with E-state index in [1.54, 1.807) is 39.5 Å². The lowest BCUT2D eigenvalue weighted by molar-refractivity contribution is -0.115. The molecule has 1 amide bonds. The van der Waals surface area contributed by atoms with Gasteiger partial charge in [-0.1, -0.05) is 18.2 Å². The monoisotopic (exact) mass is 416 g/mol. The Morgan fingerprint density at radius 3 is 2.31 bits per heavy atom. The molecular formula is C21H24N2O5S. The van der Waals surface area contributed by atoms with Gasteiger partial charge in [-0.3, -0.25) is 10.1 Å². The van der Waals surface area contributed by atoms with Crippen LogP contribution in [0, 0.1) is 0 Å². The molecule has 2 N–H and O–H groups in total. The quantitative estimate of drug-likeness (QED) is 0.370. The van der Waals surface area contributed by atoms with E-state index in [-0.39, 0.29) is 11.0 Å². The fourth-order valence-corrected chi connectivity index (χ4v) is 2.59. The number of para-hydroxylation sites is 2. The molecule has 29 heavy (non-hydrogen) atoms. The van der Waals surface area contributed by atoms with Gasteiger partial charge < -0.3 is 24.3 Å². The Bertz CT molecular complexity index is 870. The van der Waals surface area contributed by atoms with E-state index in [4.69, 9.17) is 31.2 Å². The maximum atomic E-state index is 12.0. The molecule has 8 heteroatoms. The predicted molar refractivity (Wildman–Crippen MR) is 116 cm³/mol. The molecule has 0 spiro atoms. The summed E-state index contributed by atoms with van der Waals surface area (Å²) in [6, 6.07) is 12.7. The third-order valence-corrected chi connectivity index (χ3v) is 4.03. The summed E-state index contributed by atoms with van der Waals surface area (Å²) in [6.45, 7) is 0.786. The van der Waals surface area contributed by atoms with Crippen LogP contribution in [0.3, 0.4) is 0 Å². The molecule has 2 rings (SSSR count). The van der Waals surface area contributed by atoms with E-state index >= 15 is 0 Å². The minimum Gasteiger partial charge on any atom is -0.493 e. The van der Waals surface area contributed by atoms with Gasteiger partial charge in [0.15, 0.2) is 28.1 Å². The summed E-state index contributed by atoms with van der Waals surface area (Å²) in [6.07, 6.45) is 3.05. The summed E-state index contributed by atoms with van der Waals surface area (Å²) in [5.74, 6) is 2.16. The molecule has 0 fully saturated rings. The molecule has 0 aliphatic heterocycles. The third-order valence-electron chi connectivity index (χ3n) is 3.79. The molecule has 0 heterocycles. The SMILES string of the molecule is COc1ccc(C=CC(=O)NC(=S)NCCOc2ccccc2OC)cc1OC. The van der Waals surface area contributed by atoms with Crippen molar-refractivity contribution < 1.29 is 23.7 Å². The first-order chi connectivity index (χ1) is 14.1. The molecule has 0 saturated heterocycles. The van der Waals surface area contributed by atoms with E-state index in [0.717, 1.165) is 5.56 Å². The van der Waals surface area contributed by atoms with Gasteiger partial charge in [-0.2, -0.15) is 0 Å². The van der Waals surface area contributed by atoms with Crippen molar-refractivity contribution in [2.75, 3.05) is 34.5 Å². The molecule has 0 radical (unpaired) electrons. The van der Waals surface area contributed by atoms with Crippen molar-refractivity contribution in [2.24, 2.45) is 0 Å². The smallest absolute Gasteiger partial charge is 0.250 e. The van der Waals surface area contributed by atoms with Crippen LogP contribution in [0.5, 0.6) is 23.0 Å². The fraction of sp³-hybridized carbons (Fsp3) is 0.238. The number of amides is 1. The number of hydrogen-bond acceptors (Lipinski definition) is 6. The van der Waals surface area contributed by atoms with Gasteiger partial charge in [0, 0.05) is 6.08 Å². The van der Waals surface area contributed by atoms with Gasteiger partial charge in [0.05, 0.1) is 27.9 Å². The maximum absolute atomic E-state index is 12.0. The summed E-state index contributed by atoms with van der Waals surface area (Å²) in [5.41, 5.74) is 0.793. The Labute approximate surface area is 175 Å². The minimum absolute atomic E-state index is 0.218. The van der Waals surface area contributed by atoms with Gasteiger partial charge in [-0.05, 0) is 48.1 Å². The minimum atomic E-state index is -0.345. The lowest BCUT2D eigenvalue weighted by Crippen LogP contribution is -2.40. The molecule has 0 atom stereocenters. The molecule has 7 nitrogen and oxygen atoms in total. The highest BCUT2D eigenvalue weighted by Crippen LogP contribution is 2.28. The lowest BCUT2D eigenvalue weighted by Gasteiger charge is -2.11. The van der Waals surface area contributed by atoms with Crippen LogP contribution in [0.4, 0.5) is 0 Å². The van der Waals surface area contributed by atoms with E-state index in [2.05, 4.69) is 10.6 Å². The largest absolute Gasteiger partial charge is 0.493 e. The Morgan fingerprint density at radius 2 is 1.62 bits per heavy atom. The number of carbonyl (C=O) groups is 1. The second kappa shape index (κ2) is 11.6. The van der Waals surface area contributed by atoms with Gasteiger partial charge in [-0.25, -0.2) is 0 Å². The number of benzene rings is 2. The van der Waals surface area contributed by atoms with Crippen molar-refractivity contribution >= 4 is 29.3 Å². The zero-order chi connectivity index (χ0) is 21.1. The van der Waals surface area contributed by atoms with Gasteiger partial charge in [0.2, 0.25) is 5.91 Å². The Kier molecular flexibility index (Phi) is 8.78. The molecule has 0 saturated carbocycles. The Balaban J connectivity index is 1.76. The number of rotatable bonds is 9. The summed E-state index contributed by atoms with van der Waals surface area (Å²) < 4.78 is 21.3. The highest BCUT2D eigenvalue weighted by atomic mass is 32.1. The summed E-state index contributed by atoms with van der Waals surface area (Å²) in [7, 11) is 4.70. The number of thiocarbonyl (C=S) groups is 1. The van der Waals surface area contributed by atoms with Crippen molar-refractivity contribution in [3.63, 3.8) is 0 Å². The second-order valence-corrected chi connectivity index (χ2v) is 6.10. The number of ether oxygens (including phenoxy) is 4. The first-order valence-corrected chi connectivity index (χ1v) is 9.23. The summed E-state index contributed by atoms with van der Waals surface area (Å²) in [4.78, 5) is 12.0. The zero-order valence-corrected chi connectivity index (χ0v) is 17.4. The summed E-state index contributed by atoms with van der Waals surface area (Å²) in [5, 5.41) is 5.72. The van der Waals surface area contributed by atoms with Crippen molar-refractivity contribution in [2.45, 2.75) is 0 Å². The van der Waals surface area contributed by atoms with Gasteiger partial charge in [-0.15, -0.1) is 0 Å². The van der Waals surface area contributed by atoms with E-state index in [0.29, 0.717) is 36.1 Å². The first kappa shape index (κ1) is 22.0. The van der Waals surface area contributed by atoms with Crippen LogP contribution < -0.4 is 29.6 Å². The maximum Gasteiger partial charge on any atom is 0.250 e. The Morgan fingerprint density at radius 1 is 0.966 bits per heavy atom. The second-order valence-electron chi connectivity index (χ2n) is 5.69.